The second-order valence-corrected chi connectivity index (χ2v) is 9.59. The zero-order valence-electron chi connectivity index (χ0n) is 14.2. The predicted molar refractivity (Wildman–Crippen MR) is 102 cm³/mol. The van der Waals surface area contributed by atoms with Gasteiger partial charge in [0.2, 0.25) is 0 Å². The summed E-state index contributed by atoms with van der Waals surface area (Å²) >= 11 is 0. The molecule has 16 nitrogen and oxygen atoms in total. The van der Waals surface area contributed by atoms with Gasteiger partial charge in [-0.3, -0.25) is 4.57 Å². The standard InChI is InChI=1S/C10H18BN5O11P3/c11-28(18,26-30(22,23)27-29(19,20)21)24-2-6-5(17)1-7(25-6)16-4-15-8-9(12)13-3-14-10(8)16/h3-7,17H,1-2H2,11H3,(H,22,23)(H2,12,13,14)(H2,19,20,21)/q-1/t5?,6-,7-,28?/m1/s1. The van der Waals surface area contributed by atoms with E-state index >= 15 is 0 Å². The van der Waals surface area contributed by atoms with Crippen LogP contribution in [0, 0.1) is 0 Å². The van der Waals surface area contributed by atoms with Gasteiger partial charge < -0.3 is 39.3 Å². The number of phosphoric acid groups is 2. The summed E-state index contributed by atoms with van der Waals surface area (Å²) in [6.07, 6.45) is 0.00279. The highest BCUT2D eigenvalue weighted by Crippen LogP contribution is 2.66. The Labute approximate surface area is 169 Å². The number of ether oxygens (including phenoxy) is 1. The molecular formula is C10H18BN5O11P3-. The van der Waals surface area contributed by atoms with Crippen molar-refractivity contribution in [1.29, 1.82) is 0 Å². The van der Waals surface area contributed by atoms with Gasteiger partial charge in [-0.25, -0.2) is 28.4 Å². The van der Waals surface area contributed by atoms with Crippen LogP contribution in [0.1, 0.15) is 12.6 Å². The van der Waals surface area contributed by atoms with E-state index in [-0.39, 0.29) is 12.2 Å². The molecule has 0 aromatic carbocycles. The summed E-state index contributed by atoms with van der Waals surface area (Å²) in [6, 6.07) is 0. The Bertz CT molecular complexity index is 1080. The molecule has 20 heteroatoms. The zero-order valence-corrected chi connectivity index (χ0v) is 16.8. The van der Waals surface area contributed by atoms with Crippen LogP contribution in [0.5, 0.6) is 0 Å². The Balaban J connectivity index is 1.64. The SMILES string of the molecule is [BH3-]P(=O)(OC[C@H]1O[C@@H](n2cnc3c(N)ncnc32)CC1O)OP(=O)(O)OP(=O)(O)O. The van der Waals surface area contributed by atoms with Crippen molar-refractivity contribution in [2.24, 2.45) is 0 Å². The van der Waals surface area contributed by atoms with Gasteiger partial charge in [0.15, 0.2) is 18.9 Å². The van der Waals surface area contributed by atoms with Crippen LogP contribution < -0.4 is 5.73 Å². The van der Waals surface area contributed by atoms with Crippen molar-refractivity contribution >= 4 is 47.7 Å². The Morgan fingerprint density at radius 3 is 2.60 bits per heavy atom. The van der Waals surface area contributed by atoms with Crippen LogP contribution in [-0.2, 0) is 31.6 Å². The molecule has 30 heavy (non-hydrogen) atoms. The Morgan fingerprint density at radius 2 is 1.93 bits per heavy atom. The summed E-state index contributed by atoms with van der Waals surface area (Å²) < 4.78 is 54.7. The number of anilines is 1. The van der Waals surface area contributed by atoms with Crippen molar-refractivity contribution in [3.05, 3.63) is 12.7 Å². The third-order valence-electron chi connectivity index (χ3n) is 3.63. The van der Waals surface area contributed by atoms with Crippen molar-refractivity contribution < 1.29 is 51.4 Å². The van der Waals surface area contributed by atoms with Crippen LogP contribution in [0.25, 0.3) is 11.2 Å². The molecule has 1 saturated heterocycles. The third kappa shape index (κ3) is 5.72. The van der Waals surface area contributed by atoms with E-state index in [4.69, 9.17) is 24.8 Å². The quantitative estimate of drug-likeness (QED) is 0.216. The van der Waals surface area contributed by atoms with Crippen molar-refractivity contribution in [3.8, 4) is 0 Å². The summed E-state index contributed by atoms with van der Waals surface area (Å²) in [5, 5.41) is 10.2. The van der Waals surface area contributed by atoms with E-state index in [0.717, 1.165) is 0 Å². The van der Waals surface area contributed by atoms with Gasteiger partial charge in [0.05, 0.1) is 26.6 Å². The molecule has 3 unspecified atom stereocenters. The summed E-state index contributed by atoms with van der Waals surface area (Å²) in [5.74, 6) is 0.168. The molecule has 5 atom stereocenters. The number of nitrogens with zero attached hydrogens (tertiary/aromatic N) is 4. The van der Waals surface area contributed by atoms with Crippen molar-refractivity contribution in [1.82, 2.24) is 19.5 Å². The first-order valence-electron chi connectivity index (χ1n) is 7.61. The molecule has 0 bridgehead atoms. The number of aromatic nitrogens is 4. The topological polar surface area (TPSA) is 239 Å². The lowest BCUT2D eigenvalue weighted by atomic mass is 10.2. The molecule has 0 spiro atoms. The predicted octanol–water partition coefficient (Wildman–Crippen LogP) is -1.23. The van der Waals surface area contributed by atoms with Crippen molar-refractivity contribution in [2.45, 2.75) is 24.9 Å². The number of hydrogen-bond acceptors (Lipinski definition) is 12. The van der Waals surface area contributed by atoms with Crippen LogP contribution in [-0.4, -0.2) is 65.7 Å². The molecule has 168 valence electrons. The number of aliphatic hydroxyl groups is 1. The van der Waals surface area contributed by atoms with Crippen LogP contribution >= 0.6 is 23.1 Å². The summed E-state index contributed by atoms with van der Waals surface area (Å²) in [7, 11) is -16.2. The van der Waals surface area contributed by atoms with Gasteiger partial charge >= 0.3 is 15.6 Å². The van der Waals surface area contributed by atoms with Crippen LogP contribution in [0.15, 0.2) is 12.7 Å². The number of imidazole rings is 1. The van der Waals surface area contributed by atoms with E-state index in [2.05, 4.69) is 23.6 Å². The minimum atomic E-state index is -5.36. The molecular weight excluding hydrogens is 470 g/mol. The average Bonchev–Trinajstić information content (AvgIpc) is 3.14. The average molecular weight is 488 g/mol. The normalized spacial score (nSPS) is 26.5. The molecule has 1 aliphatic heterocycles. The maximum atomic E-state index is 12.3. The number of nitrogen functional groups attached to an aromatic ring is 1. The zero-order chi connectivity index (χ0) is 22.3. The summed E-state index contributed by atoms with van der Waals surface area (Å²) in [6.45, 7) is -0.474. The fourth-order valence-corrected chi connectivity index (χ4v) is 5.10. The Morgan fingerprint density at radius 1 is 1.23 bits per heavy atom. The molecule has 0 aliphatic carbocycles. The van der Waals surface area contributed by atoms with E-state index < -0.39 is 55.7 Å². The highest BCUT2D eigenvalue weighted by molar-refractivity contribution is 7.84. The van der Waals surface area contributed by atoms with Gasteiger partial charge in [-0.1, -0.05) is 0 Å². The molecule has 0 radical (unpaired) electrons. The first-order valence-corrected chi connectivity index (χ1v) is 11.7. The molecule has 2 aromatic heterocycles. The number of nitrogens with two attached hydrogens (primary N) is 1. The second-order valence-electron chi connectivity index (χ2n) is 5.66. The van der Waals surface area contributed by atoms with E-state index in [0.29, 0.717) is 11.2 Å². The molecule has 3 rings (SSSR count). The van der Waals surface area contributed by atoms with Crippen LogP contribution in [0.2, 0.25) is 0 Å². The highest BCUT2D eigenvalue weighted by atomic mass is 31.3. The fraction of sp³-hybridized carbons (Fsp3) is 0.500. The Kier molecular flexibility index (Phi) is 6.55. The van der Waals surface area contributed by atoms with Gasteiger partial charge in [-0.2, -0.15) is 4.31 Å². The lowest BCUT2D eigenvalue weighted by molar-refractivity contribution is -0.0388. The largest absolute Gasteiger partial charge is 0.485 e. The van der Waals surface area contributed by atoms with Crippen molar-refractivity contribution in [2.75, 3.05) is 12.3 Å². The molecule has 1 aliphatic rings. The number of fused-ring (bicyclic) bond motifs is 1. The molecule has 2 aromatic rings. The number of hydrogen-bond donors (Lipinski definition) is 5. The van der Waals surface area contributed by atoms with Gasteiger partial charge in [0, 0.05) is 6.42 Å². The van der Waals surface area contributed by atoms with E-state index in [9.17, 15) is 23.7 Å². The minimum absolute atomic E-state index is 0.102. The highest BCUT2D eigenvalue weighted by Gasteiger charge is 2.39. The van der Waals surface area contributed by atoms with E-state index in [1.165, 1.54) is 17.2 Å². The number of rotatable bonds is 8. The van der Waals surface area contributed by atoms with E-state index in [1.54, 1.807) is 0 Å². The maximum absolute atomic E-state index is 12.3. The lowest BCUT2D eigenvalue weighted by Crippen LogP contribution is -2.26. The second kappa shape index (κ2) is 8.38. The van der Waals surface area contributed by atoms with Gasteiger partial charge in [-0.05, 0) is 0 Å². The molecule has 1 fully saturated rings. The Hall–Kier alpha value is -1.22. The van der Waals surface area contributed by atoms with Crippen LogP contribution in [0.4, 0.5) is 5.82 Å². The van der Waals surface area contributed by atoms with E-state index in [1.807, 2.05) is 0 Å². The van der Waals surface area contributed by atoms with Gasteiger partial charge in [0.1, 0.15) is 24.2 Å². The monoisotopic (exact) mass is 488 g/mol. The van der Waals surface area contributed by atoms with Crippen molar-refractivity contribution in [3.63, 3.8) is 0 Å². The summed E-state index contributed by atoms with van der Waals surface area (Å²) in [5.41, 5.74) is 6.45. The molecule has 0 saturated carbocycles. The maximum Gasteiger partial charge on any atom is 0.485 e. The fourth-order valence-electron chi connectivity index (χ4n) is 2.51. The minimum Gasteiger partial charge on any atom is -0.390 e. The lowest BCUT2D eigenvalue weighted by Gasteiger charge is -2.24. The smallest absolute Gasteiger partial charge is 0.390 e. The number of aliphatic hydroxyl groups excluding tert-OH is 1. The molecule has 3 heterocycles. The third-order valence-corrected chi connectivity index (χ3v) is 7.02. The van der Waals surface area contributed by atoms with Crippen LogP contribution in [0.3, 0.4) is 0 Å². The molecule has 0 amide bonds. The first-order chi connectivity index (χ1) is 13.8. The first kappa shape index (κ1) is 23.4. The molecule has 6 N–H and O–H groups in total. The summed E-state index contributed by atoms with van der Waals surface area (Å²) in [4.78, 5) is 38.5. The van der Waals surface area contributed by atoms with Gasteiger partial charge in [-0.15, -0.1) is 0 Å². The van der Waals surface area contributed by atoms with Gasteiger partial charge in [0.25, 0.3) is 0 Å².